The van der Waals surface area contributed by atoms with E-state index < -0.39 is 11.7 Å². The van der Waals surface area contributed by atoms with Gasteiger partial charge in [0.25, 0.3) is 0 Å². The first kappa shape index (κ1) is 9.09. The zero-order valence-electron chi connectivity index (χ0n) is 5.87. The summed E-state index contributed by atoms with van der Waals surface area (Å²) in [4.78, 5) is 10.4. The van der Waals surface area contributed by atoms with Crippen LogP contribution in [-0.4, -0.2) is 11.7 Å². The number of ketones is 1. The third-order valence-corrected chi connectivity index (χ3v) is 0.915. The summed E-state index contributed by atoms with van der Waals surface area (Å²) in [5.74, 6) is 0.286. The minimum atomic E-state index is -3.23. The second-order valence-corrected chi connectivity index (χ2v) is 1.92. The van der Waals surface area contributed by atoms with Gasteiger partial charge in [0, 0.05) is 6.92 Å². The molecule has 0 bridgehead atoms. The molecular formula is C7H8F2O. The first-order valence-electron chi connectivity index (χ1n) is 2.79. The summed E-state index contributed by atoms with van der Waals surface area (Å²) in [6, 6.07) is 0. The zero-order chi connectivity index (χ0) is 8.20. The highest BCUT2D eigenvalue weighted by Crippen LogP contribution is 2.13. The highest BCUT2D eigenvalue weighted by Gasteiger charge is 2.30. The molecule has 0 aromatic rings. The van der Waals surface area contributed by atoms with E-state index in [0.717, 1.165) is 0 Å². The molecule has 0 aromatic heterocycles. The third-order valence-electron chi connectivity index (χ3n) is 0.915. The van der Waals surface area contributed by atoms with E-state index >= 15 is 0 Å². The van der Waals surface area contributed by atoms with Crippen LogP contribution in [0.5, 0.6) is 0 Å². The number of hydrogen-bond acceptors (Lipinski definition) is 1. The topological polar surface area (TPSA) is 17.1 Å². The van der Waals surface area contributed by atoms with Gasteiger partial charge in [-0.1, -0.05) is 5.92 Å². The average molecular weight is 146 g/mol. The van der Waals surface area contributed by atoms with Crippen molar-refractivity contribution in [1.29, 1.82) is 0 Å². The van der Waals surface area contributed by atoms with E-state index in [2.05, 4.69) is 11.8 Å². The van der Waals surface area contributed by atoms with E-state index in [0.29, 0.717) is 6.92 Å². The monoisotopic (exact) mass is 146 g/mol. The normalized spacial score (nSPS) is 10.0. The quantitative estimate of drug-likeness (QED) is 0.541. The van der Waals surface area contributed by atoms with Crippen molar-refractivity contribution < 1.29 is 13.6 Å². The van der Waals surface area contributed by atoms with Crippen LogP contribution in [0.1, 0.15) is 20.3 Å². The molecule has 0 aliphatic heterocycles. The van der Waals surface area contributed by atoms with Gasteiger partial charge in [-0.25, -0.2) is 0 Å². The molecule has 56 valence electrons. The molecule has 0 radical (unpaired) electrons. The molecule has 0 amide bonds. The van der Waals surface area contributed by atoms with Crippen molar-refractivity contribution in [2.45, 2.75) is 26.2 Å². The van der Waals surface area contributed by atoms with Crippen LogP contribution in [0.4, 0.5) is 8.78 Å². The van der Waals surface area contributed by atoms with Gasteiger partial charge in [-0.2, -0.15) is 8.78 Å². The lowest BCUT2D eigenvalue weighted by atomic mass is 10.2. The fourth-order valence-electron chi connectivity index (χ4n) is 0.324. The Morgan fingerprint density at radius 2 is 2.10 bits per heavy atom. The van der Waals surface area contributed by atoms with Gasteiger partial charge in [0.2, 0.25) is 5.78 Å². The average Bonchev–Trinajstić information content (AvgIpc) is 1.80. The van der Waals surface area contributed by atoms with E-state index in [1.807, 2.05) is 0 Å². The molecule has 0 atom stereocenters. The number of carbonyl (C=O) groups excluding carboxylic acids is 1. The van der Waals surface area contributed by atoms with Crippen molar-refractivity contribution in [2.24, 2.45) is 0 Å². The molecule has 3 heteroatoms. The van der Waals surface area contributed by atoms with Gasteiger partial charge in [-0.05, 0) is 6.92 Å². The molecule has 0 rings (SSSR count). The Labute approximate surface area is 58.4 Å². The Balaban J connectivity index is 3.95. The molecule has 0 unspecified atom stereocenters. The van der Waals surface area contributed by atoms with Gasteiger partial charge in [-0.3, -0.25) is 4.79 Å². The molecule has 0 N–H and O–H groups in total. The molecule has 0 saturated heterocycles. The maximum atomic E-state index is 12.0. The van der Waals surface area contributed by atoms with Gasteiger partial charge in [0.05, 0.1) is 6.42 Å². The summed E-state index contributed by atoms with van der Waals surface area (Å²) in [5, 5.41) is 0. The largest absolute Gasteiger partial charge is 0.303 e. The van der Waals surface area contributed by atoms with Crippen LogP contribution in [0.2, 0.25) is 0 Å². The van der Waals surface area contributed by atoms with Crippen LogP contribution in [0.15, 0.2) is 0 Å². The Hall–Kier alpha value is -0.910. The lowest BCUT2D eigenvalue weighted by molar-refractivity contribution is -0.139. The predicted octanol–water partition coefficient (Wildman–Crippen LogP) is 1.62. The molecule has 0 fully saturated rings. The van der Waals surface area contributed by atoms with E-state index in [1.54, 1.807) is 0 Å². The first-order valence-corrected chi connectivity index (χ1v) is 2.79. The summed E-state index contributed by atoms with van der Waals surface area (Å²) in [7, 11) is 0. The fourth-order valence-corrected chi connectivity index (χ4v) is 0.324. The smallest absolute Gasteiger partial charge is 0.292 e. The second-order valence-electron chi connectivity index (χ2n) is 1.92. The minimum Gasteiger partial charge on any atom is -0.292 e. The molecule has 10 heavy (non-hydrogen) atoms. The molecule has 0 saturated carbocycles. The number of halogens is 2. The molecule has 1 nitrogen and oxygen atoms in total. The number of Topliss-reactive ketones (excluding diaryl/α,β-unsaturated/α-hetero) is 1. The Bertz CT molecular complexity index is 180. The van der Waals surface area contributed by atoms with Gasteiger partial charge >= 0.3 is 5.92 Å². The lowest BCUT2D eigenvalue weighted by Gasteiger charge is -2.04. The van der Waals surface area contributed by atoms with Crippen LogP contribution < -0.4 is 0 Å². The van der Waals surface area contributed by atoms with Gasteiger partial charge in [0.1, 0.15) is 0 Å². The van der Waals surface area contributed by atoms with Crippen LogP contribution >= 0.6 is 0 Å². The van der Waals surface area contributed by atoms with Crippen molar-refractivity contribution in [2.75, 3.05) is 0 Å². The van der Waals surface area contributed by atoms with Crippen molar-refractivity contribution in [1.82, 2.24) is 0 Å². The number of hydrogen-bond donors (Lipinski definition) is 0. The van der Waals surface area contributed by atoms with Crippen LogP contribution in [0, 0.1) is 11.8 Å². The zero-order valence-corrected chi connectivity index (χ0v) is 5.87. The lowest BCUT2D eigenvalue weighted by Crippen LogP contribution is -2.23. The van der Waals surface area contributed by atoms with Gasteiger partial charge in [-0.15, -0.1) is 5.92 Å². The summed E-state index contributed by atoms with van der Waals surface area (Å²) in [5.41, 5.74) is 0. The summed E-state index contributed by atoms with van der Waals surface area (Å²) in [6.07, 6.45) is -0.361. The molecule has 0 aromatic carbocycles. The van der Waals surface area contributed by atoms with Crippen molar-refractivity contribution in [3.63, 3.8) is 0 Å². The van der Waals surface area contributed by atoms with Gasteiger partial charge in [0.15, 0.2) is 0 Å². The van der Waals surface area contributed by atoms with Crippen molar-refractivity contribution in [3.05, 3.63) is 0 Å². The maximum Gasteiger partial charge on any atom is 0.303 e. The Morgan fingerprint density at radius 3 is 2.40 bits per heavy atom. The van der Waals surface area contributed by atoms with Crippen molar-refractivity contribution in [3.8, 4) is 11.8 Å². The predicted molar refractivity (Wildman–Crippen MR) is 33.7 cm³/mol. The number of rotatable bonds is 2. The Kier molecular flexibility index (Phi) is 3.01. The van der Waals surface area contributed by atoms with Crippen molar-refractivity contribution >= 4 is 5.78 Å². The molecular weight excluding hydrogens is 138 g/mol. The van der Waals surface area contributed by atoms with Crippen LogP contribution in [0.3, 0.4) is 0 Å². The Morgan fingerprint density at radius 1 is 1.60 bits per heavy atom. The van der Waals surface area contributed by atoms with E-state index in [1.165, 1.54) is 6.92 Å². The number of carbonyl (C=O) groups is 1. The molecule has 0 aliphatic carbocycles. The third kappa shape index (κ3) is 3.18. The van der Waals surface area contributed by atoms with E-state index in [-0.39, 0.29) is 6.42 Å². The fraction of sp³-hybridized carbons (Fsp3) is 0.571. The molecule has 0 spiro atoms. The highest BCUT2D eigenvalue weighted by atomic mass is 19.3. The standard InChI is InChI=1S/C7H8F2O/c1-3-4-5-6(10)7(2,8)9/h5H2,1-2H3. The first-order chi connectivity index (χ1) is 4.48. The molecule has 0 aliphatic rings. The van der Waals surface area contributed by atoms with E-state index in [4.69, 9.17) is 0 Å². The van der Waals surface area contributed by atoms with Gasteiger partial charge < -0.3 is 0 Å². The SMILES string of the molecule is CC#CCC(=O)C(C)(F)F. The van der Waals surface area contributed by atoms with Crippen LogP contribution in [-0.2, 0) is 4.79 Å². The summed E-state index contributed by atoms with van der Waals surface area (Å²) in [6.45, 7) is 2.08. The number of alkyl halides is 2. The second kappa shape index (κ2) is 3.31. The molecule has 0 heterocycles. The maximum absolute atomic E-state index is 12.0. The summed E-state index contributed by atoms with van der Waals surface area (Å²) >= 11 is 0. The van der Waals surface area contributed by atoms with E-state index in [9.17, 15) is 13.6 Å². The highest BCUT2D eigenvalue weighted by molar-refractivity contribution is 5.87. The van der Waals surface area contributed by atoms with Crippen LogP contribution in [0.25, 0.3) is 0 Å². The summed E-state index contributed by atoms with van der Waals surface area (Å²) < 4.78 is 24.0. The minimum absolute atomic E-state index is 0.361.